The molecule has 1 unspecified atom stereocenters. The molecule has 0 aliphatic heterocycles. The molecule has 1 atom stereocenters. The molecule has 1 aromatic carbocycles. The Labute approximate surface area is 108 Å². The summed E-state index contributed by atoms with van der Waals surface area (Å²) < 4.78 is 15.6. The molecular weight excluding hydrogens is 232 g/mol. The van der Waals surface area contributed by atoms with Crippen LogP contribution < -0.4 is 9.47 Å². The summed E-state index contributed by atoms with van der Waals surface area (Å²) in [6.45, 7) is 3.84. The molecule has 18 heavy (non-hydrogen) atoms. The summed E-state index contributed by atoms with van der Waals surface area (Å²) >= 11 is 0. The molecule has 0 bridgehead atoms. The third kappa shape index (κ3) is 3.65. The lowest BCUT2D eigenvalue weighted by Gasteiger charge is -2.18. The Morgan fingerprint density at radius 2 is 2.00 bits per heavy atom. The van der Waals surface area contributed by atoms with E-state index in [9.17, 15) is 4.79 Å². The van der Waals surface area contributed by atoms with Crippen LogP contribution in [0.3, 0.4) is 0 Å². The van der Waals surface area contributed by atoms with Gasteiger partial charge in [-0.1, -0.05) is 13.0 Å². The first-order valence-corrected chi connectivity index (χ1v) is 5.97. The number of esters is 1. The molecule has 4 nitrogen and oxygen atoms in total. The zero-order valence-corrected chi connectivity index (χ0v) is 11.4. The number of carbonyl (C=O) groups is 1. The van der Waals surface area contributed by atoms with Gasteiger partial charge in [-0.15, -0.1) is 0 Å². The van der Waals surface area contributed by atoms with E-state index in [0.717, 1.165) is 23.5 Å². The lowest BCUT2D eigenvalue weighted by Crippen LogP contribution is -2.11. The molecule has 0 amide bonds. The molecule has 0 aliphatic carbocycles. The van der Waals surface area contributed by atoms with Crippen molar-refractivity contribution in [2.24, 2.45) is 0 Å². The Balaban J connectivity index is 2.93. The maximum Gasteiger partial charge on any atom is 0.302 e. The second-order valence-corrected chi connectivity index (χ2v) is 4.02. The van der Waals surface area contributed by atoms with E-state index in [1.54, 1.807) is 14.2 Å². The lowest BCUT2D eigenvalue weighted by atomic mass is 9.96. The predicted octanol–water partition coefficient (Wildman–Crippen LogP) is 2.76. The Bertz CT molecular complexity index is 401. The van der Waals surface area contributed by atoms with Gasteiger partial charge in [0.25, 0.3) is 0 Å². The fourth-order valence-electron chi connectivity index (χ4n) is 1.80. The van der Waals surface area contributed by atoms with Crippen molar-refractivity contribution in [1.82, 2.24) is 0 Å². The fraction of sp³-hybridized carbons (Fsp3) is 0.500. The monoisotopic (exact) mass is 252 g/mol. The molecule has 4 heteroatoms. The summed E-state index contributed by atoms with van der Waals surface area (Å²) in [6, 6.07) is 5.68. The molecule has 0 fully saturated rings. The summed E-state index contributed by atoms with van der Waals surface area (Å²) in [5, 5.41) is 0. The third-order valence-corrected chi connectivity index (χ3v) is 2.86. The fourth-order valence-corrected chi connectivity index (χ4v) is 1.80. The van der Waals surface area contributed by atoms with Crippen LogP contribution in [0.5, 0.6) is 11.5 Å². The smallest absolute Gasteiger partial charge is 0.302 e. The summed E-state index contributed by atoms with van der Waals surface area (Å²) in [4.78, 5) is 10.9. The van der Waals surface area contributed by atoms with Crippen LogP contribution in [0.25, 0.3) is 0 Å². The molecule has 0 aliphatic rings. The van der Waals surface area contributed by atoms with Crippen LogP contribution in [0.2, 0.25) is 0 Å². The molecule has 100 valence electrons. The Morgan fingerprint density at radius 1 is 1.28 bits per heavy atom. The normalized spacial score (nSPS) is 11.8. The van der Waals surface area contributed by atoms with Crippen LogP contribution in [0, 0.1) is 0 Å². The number of ether oxygens (including phenoxy) is 3. The van der Waals surface area contributed by atoms with E-state index < -0.39 is 0 Å². The molecular formula is C14H20O4. The van der Waals surface area contributed by atoms with Crippen LogP contribution in [-0.2, 0) is 9.53 Å². The Hall–Kier alpha value is -1.71. The minimum atomic E-state index is -0.263. The van der Waals surface area contributed by atoms with Crippen molar-refractivity contribution in [3.05, 3.63) is 23.8 Å². The minimum Gasteiger partial charge on any atom is -0.497 e. The number of benzene rings is 1. The highest BCUT2D eigenvalue weighted by Gasteiger charge is 2.16. The third-order valence-electron chi connectivity index (χ3n) is 2.86. The van der Waals surface area contributed by atoms with Crippen molar-refractivity contribution < 1.29 is 19.0 Å². The van der Waals surface area contributed by atoms with Gasteiger partial charge in [-0.25, -0.2) is 0 Å². The summed E-state index contributed by atoms with van der Waals surface area (Å²) in [5.41, 5.74) is 1.03. The van der Waals surface area contributed by atoms with E-state index in [4.69, 9.17) is 14.2 Å². The van der Waals surface area contributed by atoms with Gasteiger partial charge in [0.2, 0.25) is 0 Å². The SMILES string of the molecule is CCC(COC(C)=O)c1ccc(OC)cc1OC. The number of hydrogen-bond donors (Lipinski definition) is 0. The van der Waals surface area contributed by atoms with Crippen molar-refractivity contribution in [3.63, 3.8) is 0 Å². The van der Waals surface area contributed by atoms with Crippen LogP contribution in [-0.4, -0.2) is 26.8 Å². The first kappa shape index (κ1) is 14.4. The van der Waals surface area contributed by atoms with Crippen LogP contribution in [0.1, 0.15) is 31.7 Å². The Kier molecular flexibility index (Phi) is 5.49. The lowest BCUT2D eigenvalue weighted by molar-refractivity contribution is -0.141. The molecule has 0 saturated carbocycles. The molecule has 0 spiro atoms. The largest absolute Gasteiger partial charge is 0.497 e. The van der Waals surface area contributed by atoms with Crippen LogP contribution in [0.15, 0.2) is 18.2 Å². The average molecular weight is 252 g/mol. The molecule has 1 rings (SSSR count). The van der Waals surface area contributed by atoms with E-state index >= 15 is 0 Å². The van der Waals surface area contributed by atoms with Gasteiger partial charge in [0.1, 0.15) is 11.5 Å². The van der Waals surface area contributed by atoms with Crippen molar-refractivity contribution in [2.75, 3.05) is 20.8 Å². The average Bonchev–Trinajstić information content (AvgIpc) is 2.39. The van der Waals surface area contributed by atoms with Gasteiger partial charge in [-0.2, -0.15) is 0 Å². The highest BCUT2D eigenvalue weighted by Crippen LogP contribution is 2.32. The van der Waals surface area contributed by atoms with Gasteiger partial charge < -0.3 is 14.2 Å². The first-order valence-electron chi connectivity index (χ1n) is 5.97. The second kappa shape index (κ2) is 6.89. The van der Waals surface area contributed by atoms with Crippen molar-refractivity contribution >= 4 is 5.97 Å². The molecule has 0 saturated heterocycles. The summed E-state index contributed by atoms with van der Waals surface area (Å²) in [6.07, 6.45) is 0.871. The van der Waals surface area contributed by atoms with Crippen molar-refractivity contribution in [2.45, 2.75) is 26.2 Å². The molecule has 0 heterocycles. The van der Waals surface area contributed by atoms with Gasteiger partial charge in [0, 0.05) is 24.5 Å². The molecule has 0 aromatic heterocycles. The topological polar surface area (TPSA) is 44.8 Å². The Morgan fingerprint density at radius 3 is 2.50 bits per heavy atom. The standard InChI is InChI=1S/C14H20O4/c1-5-11(9-18-10(2)15)13-7-6-12(16-3)8-14(13)17-4/h6-8,11H,5,9H2,1-4H3. The van der Waals surface area contributed by atoms with Gasteiger partial charge in [0.15, 0.2) is 0 Å². The zero-order chi connectivity index (χ0) is 13.5. The second-order valence-electron chi connectivity index (χ2n) is 4.02. The summed E-state index contributed by atoms with van der Waals surface area (Å²) in [7, 11) is 3.24. The summed E-state index contributed by atoms with van der Waals surface area (Å²) in [5.74, 6) is 1.38. The van der Waals surface area contributed by atoms with Gasteiger partial charge >= 0.3 is 5.97 Å². The maximum atomic E-state index is 10.9. The number of carbonyl (C=O) groups excluding carboxylic acids is 1. The van der Waals surface area contributed by atoms with E-state index in [1.165, 1.54) is 6.92 Å². The predicted molar refractivity (Wildman–Crippen MR) is 69.2 cm³/mol. The molecule has 0 radical (unpaired) electrons. The van der Waals surface area contributed by atoms with Crippen molar-refractivity contribution in [1.29, 1.82) is 0 Å². The van der Waals surface area contributed by atoms with Crippen LogP contribution in [0.4, 0.5) is 0 Å². The number of hydrogen-bond acceptors (Lipinski definition) is 4. The minimum absolute atomic E-state index is 0.134. The van der Waals surface area contributed by atoms with E-state index in [2.05, 4.69) is 6.92 Å². The van der Waals surface area contributed by atoms with Gasteiger partial charge in [0.05, 0.1) is 20.8 Å². The van der Waals surface area contributed by atoms with E-state index in [-0.39, 0.29) is 11.9 Å². The van der Waals surface area contributed by atoms with E-state index in [1.807, 2.05) is 18.2 Å². The first-order chi connectivity index (χ1) is 8.62. The van der Waals surface area contributed by atoms with Crippen molar-refractivity contribution in [3.8, 4) is 11.5 Å². The maximum absolute atomic E-state index is 10.9. The quantitative estimate of drug-likeness (QED) is 0.730. The molecule has 0 N–H and O–H groups in total. The highest BCUT2D eigenvalue weighted by atomic mass is 16.5. The number of methoxy groups -OCH3 is 2. The molecule has 1 aromatic rings. The van der Waals surface area contributed by atoms with Crippen LogP contribution >= 0.6 is 0 Å². The zero-order valence-electron chi connectivity index (χ0n) is 11.4. The van der Waals surface area contributed by atoms with Gasteiger partial charge in [-0.3, -0.25) is 4.79 Å². The van der Waals surface area contributed by atoms with E-state index in [0.29, 0.717) is 6.61 Å². The highest BCUT2D eigenvalue weighted by molar-refractivity contribution is 5.66. The van der Waals surface area contributed by atoms with Gasteiger partial charge in [-0.05, 0) is 12.5 Å². The number of rotatable bonds is 6.